The zero-order valence-corrected chi connectivity index (χ0v) is 14.2. The first-order chi connectivity index (χ1) is 10.2. The van der Waals surface area contributed by atoms with E-state index in [1.54, 1.807) is 0 Å². The summed E-state index contributed by atoms with van der Waals surface area (Å²) in [5.41, 5.74) is 4.40. The van der Waals surface area contributed by atoms with Crippen molar-refractivity contribution in [1.82, 2.24) is 0 Å². The molecule has 0 heterocycles. The van der Waals surface area contributed by atoms with Crippen molar-refractivity contribution in [3.63, 3.8) is 0 Å². The number of rotatable bonds is 6. The van der Waals surface area contributed by atoms with E-state index in [-0.39, 0.29) is 0 Å². The Morgan fingerprint density at radius 2 is 1.95 bits per heavy atom. The molecule has 0 amide bonds. The number of para-hydroxylation sites is 1. The number of nitrogens with one attached hydrogen (secondary N) is 1. The molecule has 0 aliphatic carbocycles. The first-order valence-corrected chi connectivity index (χ1v) is 8.13. The van der Waals surface area contributed by atoms with Crippen LogP contribution in [-0.4, -0.2) is 12.8 Å². The van der Waals surface area contributed by atoms with Crippen molar-refractivity contribution in [1.29, 1.82) is 0 Å². The molecule has 3 heteroatoms. The molecule has 1 N–H and O–H groups in total. The molecule has 2 rings (SSSR count). The summed E-state index contributed by atoms with van der Waals surface area (Å²) in [4.78, 5) is 4.68. The molecule has 2 aromatic carbocycles. The predicted octanol–water partition coefficient (Wildman–Crippen LogP) is 5.72. The molecule has 0 aromatic heterocycles. The number of halogens is 1. The van der Waals surface area contributed by atoms with Crippen LogP contribution in [0.2, 0.25) is 0 Å². The van der Waals surface area contributed by atoms with Crippen LogP contribution in [0.5, 0.6) is 0 Å². The van der Waals surface area contributed by atoms with Crippen LogP contribution in [-0.2, 0) is 0 Å². The second-order valence-electron chi connectivity index (χ2n) is 5.03. The van der Waals surface area contributed by atoms with Crippen LogP contribution < -0.4 is 5.32 Å². The van der Waals surface area contributed by atoms with E-state index in [4.69, 9.17) is 0 Å². The minimum Gasteiger partial charge on any atom is -0.383 e. The number of unbranched alkanes of at least 4 members (excludes halogenated alkanes) is 1. The highest BCUT2D eigenvalue weighted by molar-refractivity contribution is 9.10. The van der Waals surface area contributed by atoms with Crippen LogP contribution in [0.25, 0.3) is 0 Å². The van der Waals surface area contributed by atoms with Crippen molar-refractivity contribution in [2.24, 2.45) is 4.99 Å². The number of aliphatic imine (C=N–C) groups is 1. The summed E-state index contributed by atoms with van der Waals surface area (Å²) >= 11 is 3.59. The summed E-state index contributed by atoms with van der Waals surface area (Å²) < 4.78 is 1.01. The van der Waals surface area contributed by atoms with Gasteiger partial charge in [-0.05, 0) is 52.5 Å². The molecule has 2 nitrogen and oxygen atoms in total. The lowest BCUT2D eigenvalue weighted by atomic mass is 10.1. The topological polar surface area (TPSA) is 24.4 Å². The summed E-state index contributed by atoms with van der Waals surface area (Å²) in [7, 11) is 0. The van der Waals surface area contributed by atoms with Gasteiger partial charge in [-0.25, -0.2) is 0 Å². The molecule has 0 aliphatic heterocycles. The van der Waals surface area contributed by atoms with Crippen molar-refractivity contribution >= 4 is 33.5 Å². The normalized spacial score (nSPS) is 11.0. The number of aryl methyl sites for hydroxylation is 1. The summed E-state index contributed by atoms with van der Waals surface area (Å²) in [5.74, 6) is 0. The van der Waals surface area contributed by atoms with Gasteiger partial charge in [0.2, 0.25) is 0 Å². The van der Waals surface area contributed by atoms with Gasteiger partial charge in [-0.3, -0.25) is 4.99 Å². The maximum Gasteiger partial charge on any atom is 0.100 e. The molecule has 0 bridgehead atoms. The first-order valence-electron chi connectivity index (χ1n) is 7.34. The summed E-state index contributed by atoms with van der Waals surface area (Å²) in [6.45, 7) is 5.27. The number of hydrogen-bond donors (Lipinski definition) is 1. The molecule has 0 atom stereocenters. The maximum absolute atomic E-state index is 4.68. The maximum atomic E-state index is 4.68. The van der Waals surface area contributed by atoms with E-state index in [2.05, 4.69) is 58.3 Å². The fourth-order valence-corrected chi connectivity index (χ4v) is 2.52. The van der Waals surface area contributed by atoms with Crippen LogP contribution in [0.1, 0.15) is 30.9 Å². The Hall–Kier alpha value is -1.61. The number of anilines is 1. The van der Waals surface area contributed by atoms with Crippen LogP contribution in [0.15, 0.2) is 51.9 Å². The Balaban J connectivity index is 2.24. The van der Waals surface area contributed by atoms with Crippen LogP contribution in [0.4, 0.5) is 11.4 Å². The van der Waals surface area contributed by atoms with Crippen LogP contribution in [0, 0.1) is 6.92 Å². The van der Waals surface area contributed by atoms with Gasteiger partial charge in [-0.15, -0.1) is 0 Å². The molecule has 0 spiro atoms. The van der Waals surface area contributed by atoms with E-state index in [9.17, 15) is 0 Å². The molecule has 0 saturated carbocycles. The lowest BCUT2D eigenvalue weighted by Crippen LogP contribution is -2.01. The van der Waals surface area contributed by atoms with Crippen molar-refractivity contribution in [2.45, 2.75) is 26.7 Å². The summed E-state index contributed by atoms with van der Waals surface area (Å²) in [6, 6.07) is 14.4. The Bertz CT molecular complexity index is 620. The van der Waals surface area contributed by atoms with Gasteiger partial charge in [0.15, 0.2) is 0 Å². The van der Waals surface area contributed by atoms with E-state index in [0.717, 1.165) is 34.4 Å². The lowest BCUT2D eigenvalue weighted by Gasteiger charge is -2.10. The van der Waals surface area contributed by atoms with Crippen LogP contribution in [0.3, 0.4) is 0 Å². The van der Waals surface area contributed by atoms with Gasteiger partial charge in [0.25, 0.3) is 0 Å². The second-order valence-corrected chi connectivity index (χ2v) is 5.89. The Labute approximate surface area is 135 Å². The fraction of sp³-hybridized carbons (Fsp3) is 0.278. The number of hydrogen-bond acceptors (Lipinski definition) is 2. The van der Waals surface area contributed by atoms with Crippen LogP contribution >= 0.6 is 15.9 Å². The third kappa shape index (κ3) is 4.43. The van der Waals surface area contributed by atoms with Crippen molar-refractivity contribution in [3.05, 3.63) is 58.1 Å². The standard InChI is InChI=1S/C18H21BrN2/c1-3-4-12-20-17-11-7-10-16(19)18(17)21-13-15-9-6-5-8-14(15)2/h5-11,13,20H,3-4,12H2,1-2H3. The minimum atomic E-state index is 0.955. The van der Waals surface area contributed by atoms with Gasteiger partial charge >= 0.3 is 0 Å². The van der Waals surface area contributed by atoms with Gasteiger partial charge in [-0.1, -0.05) is 43.7 Å². The smallest absolute Gasteiger partial charge is 0.100 e. The average molecular weight is 345 g/mol. The molecular weight excluding hydrogens is 324 g/mol. The Morgan fingerprint density at radius 3 is 2.71 bits per heavy atom. The zero-order chi connectivity index (χ0) is 15.1. The third-order valence-corrected chi connectivity index (χ3v) is 3.99. The monoisotopic (exact) mass is 344 g/mol. The molecule has 0 aliphatic rings. The molecular formula is C18H21BrN2. The Morgan fingerprint density at radius 1 is 1.14 bits per heavy atom. The van der Waals surface area contributed by atoms with E-state index in [1.165, 1.54) is 12.0 Å². The SMILES string of the molecule is CCCCNc1cccc(Br)c1N=Cc1ccccc1C. The van der Waals surface area contributed by atoms with Gasteiger partial charge in [0.1, 0.15) is 5.69 Å². The molecule has 110 valence electrons. The highest BCUT2D eigenvalue weighted by Crippen LogP contribution is 2.33. The molecule has 0 radical (unpaired) electrons. The first kappa shape index (κ1) is 15.8. The zero-order valence-electron chi connectivity index (χ0n) is 12.6. The van der Waals surface area contributed by atoms with Gasteiger partial charge < -0.3 is 5.32 Å². The van der Waals surface area contributed by atoms with Gasteiger partial charge in [0.05, 0.1) is 5.69 Å². The average Bonchev–Trinajstić information content (AvgIpc) is 2.48. The number of benzene rings is 2. The lowest BCUT2D eigenvalue weighted by molar-refractivity contribution is 0.834. The largest absolute Gasteiger partial charge is 0.383 e. The van der Waals surface area contributed by atoms with E-state index in [0.29, 0.717) is 0 Å². The fourth-order valence-electron chi connectivity index (χ4n) is 2.05. The van der Waals surface area contributed by atoms with Crippen molar-refractivity contribution in [3.8, 4) is 0 Å². The number of nitrogens with zero attached hydrogens (tertiary/aromatic N) is 1. The van der Waals surface area contributed by atoms with E-state index >= 15 is 0 Å². The highest BCUT2D eigenvalue weighted by atomic mass is 79.9. The van der Waals surface area contributed by atoms with E-state index < -0.39 is 0 Å². The molecule has 0 fully saturated rings. The third-order valence-electron chi connectivity index (χ3n) is 3.35. The molecule has 2 aromatic rings. The van der Waals surface area contributed by atoms with Gasteiger partial charge in [0, 0.05) is 17.2 Å². The summed E-state index contributed by atoms with van der Waals surface area (Å²) in [5, 5.41) is 3.46. The molecule has 0 unspecified atom stereocenters. The highest BCUT2D eigenvalue weighted by Gasteiger charge is 2.04. The van der Waals surface area contributed by atoms with E-state index in [1.807, 2.05) is 30.5 Å². The minimum absolute atomic E-state index is 0.955. The summed E-state index contributed by atoms with van der Waals surface area (Å²) in [6.07, 6.45) is 4.27. The quantitative estimate of drug-likeness (QED) is 0.525. The van der Waals surface area contributed by atoms with Gasteiger partial charge in [-0.2, -0.15) is 0 Å². The van der Waals surface area contributed by atoms with Crippen molar-refractivity contribution in [2.75, 3.05) is 11.9 Å². The molecule has 0 saturated heterocycles. The van der Waals surface area contributed by atoms with Crippen molar-refractivity contribution < 1.29 is 0 Å². The predicted molar refractivity (Wildman–Crippen MR) is 96.0 cm³/mol. The second kappa shape index (κ2) is 7.99. The Kier molecular flexibility index (Phi) is 6.00. The molecule has 21 heavy (non-hydrogen) atoms.